The molecule has 3 heteroatoms. The topological polar surface area (TPSA) is 18.1 Å². The van der Waals surface area contributed by atoms with Gasteiger partial charge in [0.1, 0.15) is 11.2 Å². The molecule has 0 radical (unpaired) electrons. The van der Waals surface area contributed by atoms with Crippen LogP contribution in [0.5, 0.6) is 0 Å². The van der Waals surface area contributed by atoms with Crippen LogP contribution in [-0.4, -0.2) is 4.57 Å². The predicted octanol–water partition coefficient (Wildman–Crippen LogP) is 14.1. The smallest absolute Gasteiger partial charge is 0.135 e. The lowest BCUT2D eigenvalue weighted by Gasteiger charge is -2.08. The lowest BCUT2D eigenvalue weighted by molar-refractivity contribution is 0.669. The standard InChI is InChI=1S/C48H29NOS/c1-3-10-30(11-4-1)36-15-9-16-38-42-29-34(21-25-47(42)51-48(36)38)33-20-24-46-41(28-33)40-27-32(19-23-45(40)50-46)31-18-22-44-39(26-31)37-14-7-8-17-43(37)49(44)35-12-5-2-6-13-35/h1-29H. The Kier molecular flexibility index (Phi) is 6.16. The highest BCUT2D eigenvalue weighted by atomic mass is 32.1. The fraction of sp³-hybridized carbons (Fsp3) is 0. The maximum atomic E-state index is 6.38. The number of hydrogen-bond acceptors (Lipinski definition) is 2. The first kappa shape index (κ1) is 28.4. The van der Waals surface area contributed by atoms with Crippen LogP contribution in [0.25, 0.3) is 103 Å². The Balaban J connectivity index is 1.03. The van der Waals surface area contributed by atoms with Crippen molar-refractivity contribution in [1.82, 2.24) is 4.57 Å². The summed E-state index contributed by atoms with van der Waals surface area (Å²) >= 11 is 1.88. The Morgan fingerprint density at radius 3 is 1.69 bits per heavy atom. The molecule has 3 heterocycles. The fourth-order valence-corrected chi connectivity index (χ4v) is 9.19. The van der Waals surface area contributed by atoms with Crippen LogP contribution in [0.15, 0.2) is 180 Å². The average molecular weight is 668 g/mol. The highest BCUT2D eigenvalue weighted by Gasteiger charge is 2.16. The molecule has 51 heavy (non-hydrogen) atoms. The maximum Gasteiger partial charge on any atom is 0.135 e. The summed E-state index contributed by atoms with van der Waals surface area (Å²) in [6.45, 7) is 0. The minimum Gasteiger partial charge on any atom is -0.456 e. The molecule has 0 unspecified atom stereocenters. The molecule has 2 nitrogen and oxygen atoms in total. The average Bonchev–Trinajstić information content (AvgIpc) is 3.87. The first-order valence-corrected chi connectivity index (χ1v) is 18.1. The van der Waals surface area contributed by atoms with E-state index in [-0.39, 0.29) is 0 Å². The normalized spacial score (nSPS) is 11.9. The van der Waals surface area contributed by atoms with E-state index in [2.05, 4.69) is 180 Å². The van der Waals surface area contributed by atoms with Gasteiger partial charge in [-0.3, -0.25) is 0 Å². The van der Waals surface area contributed by atoms with Crippen LogP contribution in [0.2, 0.25) is 0 Å². The first-order valence-electron chi connectivity index (χ1n) is 17.3. The summed E-state index contributed by atoms with van der Waals surface area (Å²) in [6.07, 6.45) is 0. The molecule has 3 aromatic heterocycles. The zero-order valence-corrected chi connectivity index (χ0v) is 28.3. The SMILES string of the molecule is c1ccc(-c2cccc3c2sc2ccc(-c4ccc5oc6ccc(-c7ccc8c(c7)c7ccccc7n8-c7ccccc7)cc6c5c4)cc23)cc1. The van der Waals surface area contributed by atoms with Gasteiger partial charge in [0, 0.05) is 47.4 Å². The Labute approximate surface area is 298 Å². The quantitative estimate of drug-likeness (QED) is 0.183. The van der Waals surface area contributed by atoms with Gasteiger partial charge >= 0.3 is 0 Å². The van der Waals surface area contributed by atoms with Gasteiger partial charge in [-0.25, -0.2) is 0 Å². The van der Waals surface area contributed by atoms with E-state index >= 15 is 0 Å². The van der Waals surface area contributed by atoms with Crippen molar-refractivity contribution >= 4 is 75.3 Å². The first-order chi connectivity index (χ1) is 25.3. The van der Waals surface area contributed by atoms with Gasteiger partial charge in [-0.05, 0) is 100 Å². The van der Waals surface area contributed by atoms with Crippen LogP contribution in [0, 0.1) is 0 Å². The number of rotatable bonds is 4. The van der Waals surface area contributed by atoms with E-state index in [1.807, 2.05) is 11.3 Å². The second-order valence-corrected chi connectivity index (χ2v) is 14.4. The summed E-state index contributed by atoms with van der Waals surface area (Å²) < 4.78 is 11.4. The molecule has 0 bridgehead atoms. The van der Waals surface area contributed by atoms with E-state index in [0.29, 0.717) is 0 Å². The molecule has 0 aliphatic heterocycles. The van der Waals surface area contributed by atoms with E-state index in [9.17, 15) is 0 Å². The van der Waals surface area contributed by atoms with Gasteiger partial charge < -0.3 is 8.98 Å². The molecule has 0 spiro atoms. The monoisotopic (exact) mass is 667 g/mol. The number of fused-ring (bicyclic) bond motifs is 9. The molecule has 0 amide bonds. The molecule has 0 atom stereocenters. The van der Waals surface area contributed by atoms with Crippen molar-refractivity contribution in [1.29, 1.82) is 0 Å². The lowest BCUT2D eigenvalue weighted by Crippen LogP contribution is -1.92. The molecule has 238 valence electrons. The highest BCUT2D eigenvalue weighted by Crippen LogP contribution is 2.42. The summed E-state index contributed by atoms with van der Waals surface area (Å²) in [5.41, 5.74) is 12.7. The van der Waals surface area contributed by atoms with Gasteiger partial charge in [0.25, 0.3) is 0 Å². The minimum atomic E-state index is 0.903. The summed E-state index contributed by atoms with van der Waals surface area (Å²) in [4.78, 5) is 0. The summed E-state index contributed by atoms with van der Waals surface area (Å²) in [5, 5.41) is 7.37. The zero-order valence-electron chi connectivity index (χ0n) is 27.5. The van der Waals surface area contributed by atoms with E-state index in [1.54, 1.807) is 0 Å². The third kappa shape index (κ3) is 4.42. The molecule has 11 rings (SSSR count). The predicted molar refractivity (Wildman–Crippen MR) is 217 cm³/mol. The van der Waals surface area contributed by atoms with Gasteiger partial charge in [0.15, 0.2) is 0 Å². The molecular weight excluding hydrogens is 639 g/mol. The molecule has 0 fully saturated rings. The second kappa shape index (κ2) is 11.0. The molecule has 0 saturated heterocycles. The number of para-hydroxylation sites is 2. The number of aromatic nitrogens is 1. The lowest BCUT2D eigenvalue weighted by atomic mass is 9.98. The minimum absolute atomic E-state index is 0.903. The van der Waals surface area contributed by atoms with E-state index in [1.165, 1.54) is 81.0 Å². The van der Waals surface area contributed by atoms with Crippen molar-refractivity contribution in [3.8, 4) is 39.1 Å². The second-order valence-electron chi connectivity index (χ2n) is 13.3. The molecule has 11 aromatic rings. The van der Waals surface area contributed by atoms with E-state index < -0.39 is 0 Å². The summed E-state index contributed by atoms with van der Waals surface area (Å²) in [7, 11) is 0. The van der Waals surface area contributed by atoms with Crippen molar-refractivity contribution in [2.24, 2.45) is 0 Å². The van der Waals surface area contributed by atoms with E-state index in [4.69, 9.17) is 4.42 Å². The van der Waals surface area contributed by atoms with Crippen LogP contribution in [0.3, 0.4) is 0 Å². The molecule has 8 aromatic carbocycles. The maximum absolute atomic E-state index is 6.38. The van der Waals surface area contributed by atoms with Crippen LogP contribution in [0.4, 0.5) is 0 Å². The van der Waals surface area contributed by atoms with Gasteiger partial charge in [-0.2, -0.15) is 0 Å². The van der Waals surface area contributed by atoms with Crippen molar-refractivity contribution in [3.05, 3.63) is 176 Å². The number of benzene rings is 8. The Hall–Kier alpha value is -6.42. The highest BCUT2D eigenvalue weighted by molar-refractivity contribution is 7.26. The number of nitrogens with zero attached hydrogens (tertiary/aromatic N) is 1. The van der Waals surface area contributed by atoms with Crippen molar-refractivity contribution < 1.29 is 4.42 Å². The Morgan fingerprint density at radius 1 is 0.373 bits per heavy atom. The van der Waals surface area contributed by atoms with Gasteiger partial charge in [0.05, 0.1) is 11.0 Å². The zero-order chi connectivity index (χ0) is 33.5. The van der Waals surface area contributed by atoms with Crippen LogP contribution in [-0.2, 0) is 0 Å². The number of thiophene rings is 1. The van der Waals surface area contributed by atoms with Crippen molar-refractivity contribution in [3.63, 3.8) is 0 Å². The molecule has 0 aliphatic carbocycles. The Morgan fingerprint density at radius 2 is 0.941 bits per heavy atom. The van der Waals surface area contributed by atoms with Gasteiger partial charge in [-0.15, -0.1) is 11.3 Å². The number of hydrogen-bond donors (Lipinski definition) is 0. The van der Waals surface area contributed by atoms with Crippen LogP contribution in [0.1, 0.15) is 0 Å². The fourth-order valence-electron chi connectivity index (χ4n) is 7.97. The molecular formula is C48H29NOS. The van der Waals surface area contributed by atoms with Gasteiger partial charge in [0.2, 0.25) is 0 Å². The number of furan rings is 1. The van der Waals surface area contributed by atoms with E-state index in [0.717, 1.165) is 21.9 Å². The summed E-state index contributed by atoms with van der Waals surface area (Å²) in [5.74, 6) is 0. The molecule has 0 saturated carbocycles. The van der Waals surface area contributed by atoms with Gasteiger partial charge in [-0.1, -0.05) is 109 Å². The third-order valence-electron chi connectivity index (χ3n) is 10.4. The largest absolute Gasteiger partial charge is 0.456 e. The Bertz CT molecular complexity index is 3130. The van der Waals surface area contributed by atoms with Crippen LogP contribution < -0.4 is 0 Å². The molecule has 0 aliphatic rings. The molecule has 0 N–H and O–H groups in total. The van der Waals surface area contributed by atoms with Crippen LogP contribution >= 0.6 is 11.3 Å². The third-order valence-corrected chi connectivity index (χ3v) is 11.6. The van der Waals surface area contributed by atoms with Crippen molar-refractivity contribution in [2.45, 2.75) is 0 Å². The van der Waals surface area contributed by atoms with Crippen molar-refractivity contribution in [2.75, 3.05) is 0 Å². The summed E-state index contributed by atoms with van der Waals surface area (Å²) in [6, 6.07) is 63.7.